The Kier molecular flexibility index (Phi) is 16.7. The third-order valence-corrected chi connectivity index (χ3v) is 6.04. The Morgan fingerprint density at radius 1 is 1.03 bits per heavy atom. The summed E-state index contributed by atoms with van der Waals surface area (Å²) in [4.78, 5) is 13.7. The Morgan fingerprint density at radius 2 is 1.70 bits per heavy atom. The van der Waals surface area contributed by atoms with Crippen LogP contribution < -0.4 is 0 Å². The lowest BCUT2D eigenvalue weighted by Crippen LogP contribution is -2.31. The standard InChI is InChI=1S/C26H47NO3/c1-3-4-5-6-7-8-9-10-11-12-13-14-15-16-17-22-30-24(2)25-18-20-27(23-25)26(29)19-21-28/h7-8,10-11,24-25,28H,3-6,9,12-23H2,1-2H3/b8-7-,11-10+. The number of aliphatic hydroxyl groups is 1. The number of ether oxygens (including phenoxy) is 1. The van der Waals surface area contributed by atoms with Crippen molar-refractivity contribution < 1.29 is 14.6 Å². The lowest BCUT2D eigenvalue weighted by molar-refractivity contribution is -0.131. The molecule has 1 aliphatic rings. The maximum Gasteiger partial charge on any atom is 0.224 e. The van der Waals surface area contributed by atoms with Crippen molar-refractivity contribution in [2.45, 2.75) is 103 Å². The topological polar surface area (TPSA) is 49.8 Å². The fraction of sp³-hybridized carbons (Fsp3) is 0.808. The third kappa shape index (κ3) is 13.2. The van der Waals surface area contributed by atoms with Crippen molar-refractivity contribution in [3.8, 4) is 0 Å². The van der Waals surface area contributed by atoms with E-state index in [9.17, 15) is 4.79 Å². The van der Waals surface area contributed by atoms with Gasteiger partial charge in [0, 0.05) is 32.0 Å². The summed E-state index contributed by atoms with van der Waals surface area (Å²) in [7, 11) is 0. The number of allylic oxidation sites excluding steroid dienone is 4. The molecule has 0 aromatic carbocycles. The van der Waals surface area contributed by atoms with Gasteiger partial charge in [0.25, 0.3) is 0 Å². The van der Waals surface area contributed by atoms with Crippen molar-refractivity contribution in [1.29, 1.82) is 0 Å². The van der Waals surface area contributed by atoms with E-state index < -0.39 is 0 Å². The maximum atomic E-state index is 11.8. The second-order valence-electron chi connectivity index (χ2n) is 8.67. The zero-order chi connectivity index (χ0) is 21.9. The molecule has 4 nitrogen and oxygen atoms in total. The van der Waals surface area contributed by atoms with Gasteiger partial charge in [0.15, 0.2) is 0 Å². The van der Waals surface area contributed by atoms with Gasteiger partial charge in [-0.05, 0) is 51.9 Å². The molecule has 1 N–H and O–H groups in total. The number of unbranched alkanes of at least 4 members (excludes halogenated alkanes) is 8. The fourth-order valence-corrected chi connectivity index (χ4v) is 3.97. The van der Waals surface area contributed by atoms with Crippen molar-refractivity contribution in [3.63, 3.8) is 0 Å². The van der Waals surface area contributed by atoms with Crippen LogP contribution >= 0.6 is 0 Å². The molecule has 0 bridgehead atoms. The molecule has 2 unspecified atom stereocenters. The molecule has 4 heteroatoms. The molecule has 0 radical (unpaired) electrons. The lowest BCUT2D eigenvalue weighted by atomic mass is 10.0. The number of hydrogen-bond donors (Lipinski definition) is 1. The monoisotopic (exact) mass is 421 g/mol. The van der Waals surface area contributed by atoms with Gasteiger partial charge in [0.05, 0.1) is 12.7 Å². The van der Waals surface area contributed by atoms with Crippen LogP contribution in [0.2, 0.25) is 0 Å². The summed E-state index contributed by atoms with van der Waals surface area (Å²) in [6, 6.07) is 0. The number of amides is 1. The highest BCUT2D eigenvalue weighted by Crippen LogP contribution is 2.22. The summed E-state index contributed by atoms with van der Waals surface area (Å²) >= 11 is 0. The van der Waals surface area contributed by atoms with E-state index in [0.717, 1.165) is 39.0 Å². The second-order valence-corrected chi connectivity index (χ2v) is 8.67. The first kappa shape index (κ1) is 26.9. The number of rotatable bonds is 18. The van der Waals surface area contributed by atoms with Crippen LogP contribution in [0, 0.1) is 5.92 Å². The molecule has 1 rings (SSSR count). The van der Waals surface area contributed by atoms with E-state index in [4.69, 9.17) is 9.84 Å². The van der Waals surface area contributed by atoms with E-state index in [1.807, 2.05) is 4.90 Å². The van der Waals surface area contributed by atoms with Crippen molar-refractivity contribution in [2.75, 3.05) is 26.3 Å². The average molecular weight is 422 g/mol. The third-order valence-electron chi connectivity index (χ3n) is 6.04. The van der Waals surface area contributed by atoms with Crippen LogP contribution in [0.25, 0.3) is 0 Å². The Hall–Kier alpha value is -1.13. The number of aliphatic hydroxyl groups excluding tert-OH is 1. The molecule has 30 heavy (non-hydrogen) atoms. The van der Waals surface area contributed by atoms with Gasteiger partial charge in [-0.3, -0.25) is 4.79 Å². The smallest absolute Gasteiger partial charge is 0.224 e. The summed E-state index contributed by atoms with van der Waals surface area (Å²) in [6.07, 6.45) is 24.4. The Balaban J connectivity index is 1.90. The van der Waals surface area contributed by atoms with E-state index >= 15 is 0 Å². The molecule has 1 fully saturated rings. The van der Waals surface area contributed by atoms with Crippen LogP contribution in [0.15, 0.2) is 24.3 Å². The summed E-state index contributed by atoms with van der Waals surface area (Å²) in [6.45, 7) is 6.74. The molecular formula is C26H47NO3. The number of hydrogen-bond acceptors (Lipinski definition) is 3. The van der Waals surface area contributed by atoms with Crippen LogP contribution in [-0.4, -0.2) is 48.3 Å². The van der Waals surface area contributed by atoms with Crippen molar-refractivity contribution >= 4 is 5.91 Å². The van der Waals surface area contributed by atoms with Crippen LogP contribution in [0.4, 0.5) is 0 Å². The summed E-state index contributed by atoms with van der Waals surface area (Å²) < 4.78 is 6.02. The first-order valence-corrected chi connectivity index (χ1v) is 12.5. The Morgan fingerprint density at radius 3 is 2.40 bits per heavy atom. The van der Waals surface area contributed by atoms with Gasteiger partial charge in [0.2, 0.25) is 5.91 Å². The van der Waals surface area contributed by atoms with Gasteiger partial charge in [-0.15, -0.1) is 0 Å². The van der Waals surface area contributed by atoms with Crippen molar-refractivity contribution in [1.82, 2.24) is 4.90 Å². The molecule has 0 saturated carbocycles. The zero-order valence-corrected chi connectivity index (χ0v) is 19.7. The molecule has 0 aromatic heterocycles. The van der Waals surface area contributed by atoms with Crippen LogP contribution in [-0.2, 0) is 9.53 Å². The second kappa shape index (κ2) is 18.6. The van der Waals surface area contributed by atoms with Gasteiger partial charge in [-0.25, -0.2) is 0 Å². The first-order valence-electron chi connectivity index (χ1n) is 12.5. The molecule has 2 atom stereocenters. The van der Waals surface area contributed by atoms with Gasteiger partial charge in [-0.2, -0.15) is 0 Å². The predicted molar refractivity (Wildman–Crippen MR) is 127 cm³/mol. The highest BCUT2D eigenvalue weighted by molar-refractivity contribution is 5.76. The van der Waals surface area contributed by atoms with Gasteiger partial charge in [0.1, 0.15) is 0 Å². The molecule has 1 saturated heterocycles. The molecule has 0 aliphatic carbocycles. The Bertz CT molecular complexity index is 475. The lowest BCUT2D eigenvalue weighted by Gasteiger charge is -2.21. The van der Waals surface area contributed by atoms with Crippen molar-refractivity contribution in [2.24, 2.45) is 5.92 Å². The van der Waals surface area contributed by atoms with Crippen LogP contribution in [0.5, 0.6) is 0 Å². The molecule has 0 spiro atoms. The van der Waals surface area contributed by atoms with Gasteiger partial charge >= 0.3 is 0 Å². The minimum absolute atomic E-state index is 0.0567. The quantitative estimate of drug-likeness (QED) is 0.217. The Labute approximate surface area is 185 Å². The molecule has 1 heterocycles. The van der Waals surface area contributed by atoms with Crippen LogP contribution in [0.1, 0.15) is 97.3 Å². The SMILES string of the molecule is CCCCC/C=C\C/C=C/CCCCCCCOC(C)C1CCN(C(=O)CCO)C1. The largest absolute Gasteiger partial charge is 0.396 e. The molecular weight excluding hydrogens is 374 g/mol. The number of carbonyl (C=O) groups excluding carboxylic acids is 1. The summed E-state index contributed by atoms with van der Waals surface area (Å²) in [5.41, 5.74) is 0. The summed E-state index contributed by atoms with van der Waals surface area (Å²) in [5, 5.41) is 8.90. The zero-order valence-electron chi connectivity index (χ0n) is 19.7. The van der Waals surface area contributed by atoms with E-state index in [-0.39, 0.29) is 25.0 Å². The fourth-order valence-electron chi connectivity index (χ4n) is 3.97. The highest BCUT2D eigenvalue weighted by atomic mass is 16.5. The minimum Gasteiger partial charge on any atom is -0.396 e. The van der Waals surface area contributed by atoms with Gasteiger partial charge < -0.3 is 14.7 Å². The number of carbonyl (C=O) groups is 1. The average Bonchev–Trinajstić information content (AvgIpc) is 3.24. The molecule has 174 valence electrons. The summed E-state index contributed by atoms with van der Waals surface area (Å²) in [5.74, 6) is 0.506. The molecule has 0 aromatic rings. The van der Waals surface area contributed by atoms with Crippen LogP contribution in [0.3, 0.4) is 0 Å². The highest BCUT2D eigenvalue weighted by Gasteiger charge is 2.29. The van der Waals surface area contributed by atoms with E-state index in [0.29, 0.717) is 5.92 Å². The van der Waals surface area contributed by atoms with E-state index in [1.165, 1.54) is 57.8 Å². The first-order chi connectivity index (χ1) is 14.7. The molecule has 1 amide bonds. The van der Waals surface area contributed by atoms with Crippen molar-refractivity contribution in [3.05, 3.63) is 24.3 Å². The number of nitrogens with zero attached hydrogens (tertiary/aromatic N) is 1. The maximum absolute atomic E-state index is 11.8. The normalized spacial score (nSPS) is 18.1. The van der Waals surface area contributed by atoms with E-state index in [2.05, 4.69) is 38.2 Å². The number of likely N-dealkylation sites (tertiary alicyclic amines) is 1. The van der Waals surface area contributed by atoms with E-state index in [1.54, 1.807) is 0 Å². The van der Waals surface area contributed by atoms with Gasteiger partial charge in [-0.1, -0.05) is 63.3 Å². The molecule has 1 aliphatic heterocycles. The minimum atomic E-state index is -0.0567. The predicted octanol–water partition coefficient (Wildman–Crippen LogP) is 6.05.